The quantitative estimate of drug-likeness (QED) is 0.769. The predicted octanol–water partition coefficient (Wildman–Crippen LogP) is 2.37. The van der Waals surface area contributed by atoms with Crippen LogP contribution in [0.15, 0.2) is 18.3 Å². The monoisotopic (exact) mass is 222 g/mol. The molecule has 1 amide bonds. The summed E-state index contributed by atoms with van der Waals surface area (Å²) in [5.74, 6) is 0.648. The largest absolute Gasteiger partial charge is 0.293 e. The molecule has 1 unspecified atom stereocenters. The average Bonchev–Trinajstić information content (AvgIpc) is 2.62. The van der Waals surface area contributed by atoms with Gasteiger partial charge in [-0.3, -0.25) is 9.69 Å². The van der Waals surface area contributed by atoms with E-state index in [0.29, 0.717) is 18.2 Å². The standard InChI is InChI=1S/C12H15FN2O/c1-8(2)10-4-6-12(16)15(10)11-5-3-9(13)7-14-11/h3,5,7-8,10H,4,6H2,1-2H3. The number of amides is 1. The van der Waals surface area contributed by atoms with E-state index < -0.39 is 0 Å². The second-order valence-electron chi connectivity index (χ2n) is 4.45. The molecule has 0 spiro atoms. The van der Waals surface area contributed by atoms with Gasteiger partial charge in [0.2, 0.25) is 5.91 Å². The Bertz CT molecular complexity index is 389. The van der Waals surface area contributed by atoms with Gasteiger partial charge in [0.05, 0.1) is 6.20 Å². The lowest BCUT2D eigenvalue weighted by molar-refractivity contribution is -0.117. The van der Waals surface area contributed by atoms with Crippen LogP contribution in [0.2, 0.25) is 0 Å². The highest BCUT2D eigenvalue weighted by molar-refractivity contribution is 5.95. The molecule has 2 rings (SSSR count). The summed E-state index contributed by atoms with van der Waals surface area (Å²) in [5.41, 5.74) is 0. The number of rotatable bonds is 2. The van der Waals surface area contributed by atoms with Crippen LogP contribution in [0.5, 0.6) is 0 Å². The molecule has 3 nitrogen and oxygen atoms in total. The predicted molar refractivity (Wildman–Crippen MR) is 59.5 cm³/mol. The van der Waals surface area contributed by atoms with Crippen molar-refractivity contribution in [2.24, 2.45) is 5.92 Å². The van der Waals surface area contributed by atoms with E-state index in [-0.39, 0.29) is 17.8 Å². The fraction of sp³-hybridized carbons (Fsp3) is 0.500. The van der Waals surface area contributed by atoms with Crippen molar-refractivity contribution in [2.75, 3.05) is 4.90 Å². The SMILES string of the molecule is CC(C)C1CCC(=O)N1c1ccc(F)cn1. The molecule has 1 fully saturated rings. The summed E-state index contributed by atoms with van der Waals surface area (Å²) in [4.78, 5) is 17.4. The zero-order valence-electron chi connectivity index (χ0n) is 9.48. The summed E-state index contributed by atoms with van der Waals surface area (Å²) in [5, 5.41) is 0. The summed E-state index contributed by atoms with van der Waals surface area (Å²) in [6.07, 6.45) is 2.57. The number of pyridine rings is 1. The van der Waals surface area contributed by atoms with Crippen LogP contribution in [-0.4, -0.2) is 16.9 Å². The fourth-order valence-electron chi connectivity index (χ4n) is 2.15. The van der Waals surface area contributed by atoms with Gasteiger partial charge in [-0.05, 0) is 24.5 Å². The molecule has 86 valence electrons. The molecule has 0 aliphatic carbocycles. The number of carbonyl (C=O) groups is 1. The molecule has 0 N–H and O–H groups in total. The summed E-state index contributed by atoms with van der Waals surface area (Å²) in [6, 6.07) is 3.09. The lowest BCUT2D eigenvalue weighted by Gasteiger charge is -2.26. The third-order valence-electron chi connectivity index (χ3n) is 2.98. The Labute approximate surface area is 94.3 Å². The van der Waals surface area contributed by atoms with Crippen molar-refractivity contribution in [1.82, 2.24) is 4.98 Å². The molecule has 0 radical (unpaired) electrons. The molecule has 1 aromatic rings. The highest BCUT2D eigenvalue weighted by atomic mass is 19.1. The van der Waals surface area contributed by atoms with Crippen LogP contribution in [0.3, 0.4) is 0 Å². The highest BCUT2D eigenvalue weighted by Crippen LogP contribution is 2.29. The molecule has 1 atom stereocenters. The number of nitrogens with zero attached hydrogens (tertiary/aromatic N) is 2. The molecule has 2 heterocycles. The van der Waals surface area contributed by atoms with Crippen LogP contribution in [0.4, 0.5) is 10.2 Å². The lowest BCUT2D eigenvalue weighted by Crippen LogP contribution is -2.36. The van der Waals surface area contributed by atoms with E-state index in [0.717, 1.165) is 12.6 Å². The van der Waals surface area contributed by atoms with Crippen LogP contribution >= 0.6 is 0 Å². The minimum atomic E-state index is -0.378. The molecule has 0 bridgehead atoms. The Morgan fingerprint density at radius 2 is 2.25 bits per heavy atom. The molecule has 1 aliphatic heterocycles. The molecule has 0 saturated carbocycles. The maximum atomic E-state index is 12.8. The van der Waals surface area contributed by atoms with Crippen LogP contribution in [0, 0.1) is 11.7 Å². The third-order valence-corrected chi connectivity index (χ3v) is 2.98. The van der Waals surface area contributed by atoms with E-state index in [1.54, 1.807) is 11.0 Å². The topological polar surface area (TPSA) is 33.2 Å². The van der Waals surface area contributed by atoms with Crippen LogP contribution in [0.25, 0.3) is 0 Å². The van der Waals surface area contributed by atoms with Gasteiger partial charge in [-0.15, -0.1) is 0 Å². The average molecular weight is 222 g/mol. The summed E-state index contributed by atoms with van der Waals surface area (Å²) in [7, 11) is 0. The van der Waals surface area contributed by atoms with Gasteiger partial charge in [-0.2, -0.15) is 0 Å². The number of hydrogen-bond donors (Lipinski definition) is 0. The Balaban J connectivity index is 2.30. The Hall–Kier alpha value is -1.45. The summed E-state index contributed by atoms with van der Waals surface area (Å²) >= 11 is 0. The van der Waals surface area contributed by atoms with Gasteiger partial charge in [0.15, 0.2) is 0 Å². The van der Waals surface area contributed by atoms with Crippen molar-refractivity contribution >= 4 is 11.7 Å². The normalized spacial score (nSPS) is 20.9. The van der Waals surface area contributed by atoms with E-state index in [1.807, 2.05) is 0 Å². The first-order valence-electron chi connectivity index (χ1n) is 5.53. The van der Waals surface area contributed by atoms with Crippen molar-refractivity contribution in [3.63, 3.8) is 0 Å². The molecular weight excluding hydrogens is 207 g/mol. The number of hydrogen-bond acceptors (Lipinski definition) is 2. The van der Waals surface area contributed by atoms with E-state index in [9.17, 15) is 9.18 Å². The molecule has 0 aromatic carbocycles. The van der Waals surface area contributed by atoms with Crippen molar-refractivity contribution in [1.29, 1.82) is 0 Å². The fourth-order valence-corrected chi connectivity index (χ4v) is 2.15. The van der Waals surface area contributed by atoms with Crippen LogP contribution in [-0.2, 0) is 4.79 Å². The maximum absolute atomic E-state index is 12.8. The van der Waals surface area contributed by atoms with E-state index in [4.69, 9.17) is 0 Å². The Morgan fingerprint density at radius 3 is 2.81 bits per heavy atom. The van der Waals surface area contributed by atoms with Crippen LogP contribution < -0.4 is 4.90 Å². The van der Waals surface area contributed by atoms with Gasteiger partial charge in [0, 0.05) is 12.5 Å². The number of aromatic nitrogens is 1. The molecule has 1 aromatic heterocycles. The van der Waals surface area contributed by atoms with Crippen molar-refractivity contribution in [2.45, 2.75) is 32.7 Å². The third kappa shape index (κ3) is 1.92. The van der Waals surface area contributed by atoms with Gasteiger partial charge < -0.3 is 0 Å². The lowest BCUT2D eigenvalue weighted by atomic mass is 10.0. The zero-order valence-corrected chi connectivity index (χ0v) is 9.48. The first-order chi connectivity index (χ1) is 7.59. The summed E-state index contributed by atoms with van der Waals surface area (Å²) in [6.45, 7) is 4.17. The summed E-state index contributed by atoms with van der Waals surface area (Å²) < 4.78 is 12.8. The minimum absolute atomic E-state index is 0.0813. The number of anilines is 1. The van der Waals surface area contributed by atoms with Crippen LogP contribution in [0.1, 0.15) is 26.7 Å². The van der Waals surface area contributed by atoms with Gasteiger partial charge in [0.25, 0.3) is 0 Å². The maximum Gasteiger partial charge on any atom is 0.228 e. The first kappa shape index (κ1) is 11.0. The van der Waals surface area contributed by atoms with Crippen molar-refractivity contribution in [3.05, 3.63) is 24.1 Å². The molecule has 4 heteroatoms. The van der Waals surface area contributed by atoms with Crippen molar-refractivity contribution in [3.8, 4) is 0 Å². The van der Waals surface area contributed by atoms with Gasteiger partial charge in [0.1, 0.15) is 11.6 Å². The highest BCUT2D eigenvalue weighted by Gasteiger charge is 2.34. The second kappa shape index (κ2) is 4.20. The van der Waals surface area contributed by atoms with E-state index >= 15 is 0 Å². The number of halogens is 1. The smallest absolute Gasteiger partial charge is 0.228 e. The molecular formula is C12H15FN2O. The number of carbonyl (C=O) groups excluding carboxylic acids is 1. The molecule has 1 saturated heterocycles. The Morgan fingerprint density at radius 1 is 1.50 bits per heavy atom. The minimum Gasteiger partial charge on any atom is -0.293 e. The first-order valence-corrected chi connectivity index (χ1v) is 5.53. The zero-order chi connectivity index (χ0) is 11.7. The van der Waals surface area contributed by atoms with E-state index in [2.05, 4.69) is 18.8 Å². The molecule has 16 heavy (non-hydrogen) atoms. The van der Waals surface area contributed by atoms with Crippen molar-refractivity contribution < 1.29 is 9.18 Å². The van der Waals surface area contributed by atoms with Gasteiger partial charge in [-0.25, -0.2) is 9.37 Å². The van der Waals surface area contributed by atoms with Gasteiger partial charge in [-0.1, -0.05) is 13.8 Å². The molecule has 1 aliphatic rings. The second-order valence-corrected chi connectivity index (χ2v) is 4.45. The Kier molecular flexibility index (Phi) is 2.90. The van der Waals surface area contributed by atoms with Gasteiger partial charge >= 0.3 is 0 Å². The van der Waals surface area contributed by atoms with E-state index in [1.165, 1.54) is 6.07 Å².